The van der Waals surface area contributed by atoms with E-state index in [4.69, 9.17) is 20.8 Å². The molecule has 0 unspecified atom stereocenters. The minimum absolute atomic E-state index is 0.0711. The zero-order chi connectivity index (χ0) is 21.5. The molecule has 0 aliphatic carbocycles. The van der Waals surface area contributed by atoms with Gasteiger partial charge in [0.15, 0.2) is 5.69 Å². The summed E-state index contributed by atoms with van der Waals surface area (Å²) >= 11 is 5.73. The highest BCUT2D eigenvalue weighted by molar-refractivity contribution is 6.31. The summed E-state index contributed by atoms with van der Waals surface area (Å²) in [5.41, 5.74) is 0.515. The van der Waals surface area contributed by atoms with Crippen LogP contribution in [0.4, 0.5) is 10.1 Å². The van der Waals surface area contributed by atoms with Gasteiger partial charge >= 0.3 is 0 Å². The molecule has 2 N–H and O–H groups in total. The molecule has 0 radical (unpaired) electrons. The van der Waals surface area contributed by atoms with E-state index in [-0.39, 0.29) is 10.7 Å². The molecule has 1 aromatic heterocycles. The molecule has 2 heterocycles. The number of aliphatic hydroxyl groups excluding tert-OH is 1. The summed E-state index contributed by atoms with van der Waals surface area (Å²) in [6.45, 7) is 7.18. The van der Waals surface area contributed by atoms with Gasteiger partial charge in [-0.2, -0.15) is 0 Å². The van der Waals surface area contributed by atoms with Gasteiger partial charge in [-0.05, 0) is 25.1 Å². The minimum atomic E-state index is -0.553. The van der Waals surface area contributed by atoms with Crippen molar-refractivity contribution in [2.75, 3.05) is 51.3 Å². The lowest BCUT2D eigenvalue weighted by molar-refractivity contribution is 0.00949. The molecule has 8 nitrogen and oxygen atoms in total. The van der Waals surface area contributed by atoms with Gasteiger partial charge in [0.05, 0.1) is 24.3 Å². The third kappa shape index (κ3) is 6.48. The number of hydrogen-bond acceptors (Lipinski definition) is 7. The summed E-state index contributed by atoms with van der Waals surface area (Å²) in [6.07, 6.45) is 0.816. The number of hydrogen-bond donors (Lipinski definition) is 2. The highest BCUT2D eigenvalue weighted by Gasteiger charge is 2.21. The zero-order valence-corrected chi connectivity index (χ0v) is 17.6. The number of ether oxygens (including phenoxy) is 1. The van der Waals surface area contributed by atoms with Crippen LogP contribution in [-0.2, 0) is 11.3 Å². The average Bonchev–Trinajstić information content (AvgIpc) is 3.19. The van der Waals surface area contributed by atoms with E-state index in [0.29, 0.717) is 37.9 Å². The van der Waals surface area contributed by atoms with Crippen LogP contribution in [-0.4, -0.2) is 77.8 Å². The van der Waals surface area contributed by atoms with Crippen molar-refractivity contribution in [3.05, 3.63) is 46.9 Å². The van der Waals surface area contributed by atoms with E-state index in [1.54, 1.807) is 0 Å². The lowest BCUT2D eigenvalue weighted by Gasteiger charge is -2.34. The molecule has 0 bridgehead atoms. The molecule has 1 aliphatic heterocycles. The van der Waals surface area contributed by atoms with Crippen molar-refractivity contribution < 1.29 is 23.4 Å². The molecule has 0 saturated carbocycles. The molecule has 1 fully saturated rings. The Kier molecular flexibility index (Phi) is 8.17. The van der Waals surface area contributed by atoms with Gasteiger partial charge in [0, 0.05) is 45.0 Å². The van der Waals surface area contributed by atoms with Crippen molar-refractivity contribution in [1.82, 2.24) is 14.8 Å². The Hall–Kier alpha value is -2.04. The standard InChI is InChI=1S/C20H26ClFN4O4/c1-2-29-12-15(27)10-25-5-7-26(8-6-25)11-19-24-18(13-30-19)20(28)23-14-3-4-17(22)16(21)9-14/h3-4,9,13,15,27H,2,5-8,10-12H2,1H3,(H,23,28)/t15-/m0/s1. The predicted molar refractivity (Wildman–Crippen MR) is 110 cm³/mol. The summed E-state index contributed by atoms with van der Waals surface area (Å²) in [6, 6.07) is 3.94. The van der Waals surface area contributed by atoms with Crippen LogP contribution in [0.25, 0.3) is 0 Å². The first kappa shape index (κ1) is 22.6. The minimum Gasteiger partial charge on any atom is -0.447 e. The Balaban J connectivity index is 1.45. The first-order chi connectivity index (χ1) is 14.4. The van der Waals surface area contributed by atoms with Crippen molar-refractivity contribution in [2.45, 2.75) is 19.6 Å². The molecule has 1 amide bonds. The fraction of sp³-hybridized carbons (Fsp3) is 0.500. The molecule has 1 aliphatic rings. The Morgan fingerprint density at radius 3 is 2.80 bits per heavy atom. The SMILES string of the molecule is CCOC[C@@H](O)CN1CCN(Cc2nc(C(=O)Nc3ccc(F)c(Cl)c3)co2)CC1. The molecule has 164 valence electrons. The second-order valence-electron chi connectivity index (χ2n) is 7.10. The number of nitrogens with zero attached hydrogens (tertiary/aromatic N) is 3. The van der Waals surface area contributed by atoms with Crippen LogP contribution in [0.1, 0.15) is 23.3 Å². The second-order valence-corrected chi connectivity index (χ2v) is 7.51. The van der Waals surface area contributed by atoms with Crippen LogP contribution in [0.2, 0.25) is 5.02 Å². The maximum Gasteiger partial charge on any atom is 0.277 e. The fourth-order valence-electron chi connectivity index (χ4n) is 3.18. The molecule has 3 rings (SSSR count). The summed E-state index contributed by atoms with van der Waals surface area (Å²) in [4.78, 5) is 20.9. The van der Waals surface area contributed by atoms with E-state index >= 15 is 0 Å². The van der Waals surface area contributed by atoms with Crippen molar-refractivity contribution in [2.24, 2.45) is 0 Å². The molecule has 2 aromatic rings. The molecule has 1 aromatic carbocycles. The molecule has 1 atom stereocenters. The number of carbonyl (C=O) groups excluding carboxylic acids is 1. The van der Waals surface area contributed by atoms with Crippen molar-refractivity contribution in [1.29, 1.82) is 0 Å². The Labute approximate surface area is 179 Å². The maximum absolute atomic E-state index is 13.2. The molecule has 1 saturated heterocycles. The fourth-order valence-corrected chi connectivity index (χ4v) is 3.36. The number of rotatable bonds is 9. The highest BCUT2D eigenvalue weighted by Crippen LogP contribution is 2.20. The lowest BCUT2D eigenvalue weighted by atomic mass is 10.2. The van der Waals surface area contributed by atoms with Crippen LogP contribution in [0, 0.1) is 5.82 Å². The molecule has 0 spiro atoms. The number of anilines is 1. The summed E-state index contributed by atoms with van der Waals surface area (Å²) in [5, 5.41) is 12.5. The van der Waals surface area contributed by atoms with E-state index in [1.165, 1.54) is 24.5 Å². The van der Waals surface area contributed by atoms with Gasteiger partial charge < -0.3 is 19.6 Å². The van der Waals surface area contributed by atoms with Gasteiger partial charge in [0.25, 0.3) is 5.91 Å². The number of piperazine rings is 1. The maximum atomic E-state index is 13.2. The lowest BCUT2D eigenvalue weighted by Crippen LogP contribution is -2.48. The Morgan fingerprint density at radius 2 is 2.10 bits per heavy atom. The number of amides is 1. The third-order valence-electron chi connectivity index (χ3n) is 4.77. The smallest absolute Gasteiger partial charge is 0.277 e. The summed E-state index contributed by atoms with van der Waals surface area (Å²) in [5.74, 6) is -0.565. The number of β-amino-alcohol motifs (C(OH)–C–C–N with tert-alkyl or cyclic N) is 1. The van der Waals surface area contributed by atoms with E-state index in [0.717, 1.165) is 26.2 Å². The van der Waals surface area contributed by atoms with Crippen LogP contribution < -0.4 is 5.32 Å². The van der Waals surface area contributed by atoms with Crippen LogP contribution in [0.5, 0.6) is 0 Å². The van der Waals surface area contributed by atoms with Crippen LogP contribution in [0.15, 0.2) is 28.9 Å². The number of halogens is 2. The third-order valence-corrected chi connectivity index (χ3v) is 5.06. The van der Waals surface area contributed by atoms with Crippen molar-refractivity contribution in [3.8, 4) is 0 Å². The predicted octanol–water partition coefficient (Wildman–Crippen LogP) is 2.23. The average molecular weight is 441 g/mol. The molecular formula is C20H26ClFN4O4. The van der Waals surface area contributed by atoms with E-state index in [2.05, 4.69) is 20.1 Å². The van der Waals surface area contributed by atoms with Crippen LogP contribution >= 0.6 is 11.6 Å². The molecular weight excluding hydrogens is 415 g/mol. The van der Waals surface area contributed by atoms with Gasteiger partial charge in [-0.1, -0.05) is 11.6 Å². The number of aromatic nitrogens is 1. The monoisotopic (exact) mass is 440 g/mol. The quantitative estimate of drug-likeness (QED) is 0.617. The normalized spacial score (nSPS) is 16.5. The second kappa shape index (κ2) is 10.8. The first-order valence-corrected chi connectivity index (χ1v) is 10.2. The van der Waals surface area contributed by atoms with Crippen LogP contribution in [0.3, 0.4) is 0 Å². The van der Waals surface area contributed by atoms with Gasteiger partial charge in [-0.15, -0.1) is 0 Å². The topological polar surface area (TPSA) is 91.1 Å². The Morgan fingerprint density at radius 1 is 1.37 bits per heavy atom. The summed E-state index contributed by atoms with van der Waals surface area (Å²) < 4.78 is 23.9. The zero-order valence-electron chi connectivity index (χ0n) is 16.8. The molecule has 30 heavy (non-hydrogen) atoms. The number of carbonyl (C=O) groups is 1. The number of nitrogens with one attached hydrogen (secondary N) is 1. The first-order valence-electron chi connectivity index (χ1n) is 9.86. The van der Waals surface area contributed by atoms with Crippen molar-refractivity contribution in [3.63, 3.8) is 0 Å². The number of aliphatic hydroxyl groups is 1. The Bertz CT molecular complexity index is 842. The van der Waals surface area contributed by atoms with E-state index in [1.807, 2.05) is 6.92 Å². The number of oxazole rings is 1. The van der Waals surface area contributed by atoms with E-state index in [9.17, 15) is 14.3 Å². The molecule has 10 heteroatoms. The van der Waals surface area contributed by atoms with Gasteiger partial charge in [-0.25, -0.2) is 9.37 Å². The van der Waals surface area contributed by atoms with Gasteiger partial charge in [0.1, 0.15) is 12.1 Å². The van der Waals surface area contributed by atoms with E-state index < -0.39 is 17.8 Å². The summed E-state index contributed by atoms with van der Waals surface area (Å²) in [7, 11) is 0. The highest BCUT2D eigenvalue weighted by atomic mass is 35.5. The van der Waals surface area contributed by atoms with Gasteiger partial charge in [0.2, 0.25) is 5.89 Å². The largest absolute Gasteiger partial charge is 0.447 e. The van der Waals surface area contributed by atoms with Crippen molar-refractivity contribution >= 4 is 23.2 Å². The number of benzene rings is 1. The van der Waals surface area contributed by atoms with Gasteiger partial charge in [-0.3, -0.25) is 14.6 Å².